The van der Waals surface area contributed by atoms with Crippen molar-refractivity contribution in [2.45, 2.75) is 0 Å². The summed E-state index contributed by atoms with van der Waals surface area (Å²) in [5.41, 5.74) is 0. The van der Waals surface area contributed by atoms with Gasteiger partial charge in [0.15, 0.2) is 6.79 Å². The third-order valence-corrected chi connectivity index (χ3v) is 1.53. The monoisotopic (exact) mass is 174 g/mol. The van der Waals surface area contributed by atoms with E-state index in [2.05, 4.69) is 0 Å². The molecule has 3 heteroatoms. The Morgan fingerprint density at radius 1 is 1.45 bits per heavy atom. The molecular weight excluding hydrogens is 156 g/mol. The zero-order valence-corrected chi connectivity index (χ0v) is 7.33. The molecule has 0 aromatic heterocycles. The summed E-state index contributed by atoms with van der Waals surface area (Å²) in [6.45, 7) is 0.171. The van der Waals surface area contributed by atoms with E-state index in [9.17, 15) is 0 Å². The molecule has 0 N–H and O–H groups in total. The summed E-state index contributed by atoms with van der Waals surface area (Å²) in [6.07, 6.45) is 0. The highest BCUT2D eigenvalue weighted by Crippen LogP contribution is 2.06. The Morgan fingerprint density at radius 2 is 2.18 bits per heavy atom. The van der Waals surface area contributed by atoms with Crippen molar-refractivity contribution in [3.63, 3.8) is 0 Å². The second kappa shape index (κ2) is 4.15. The van der Waals surface area contributed by atoms with E-state index in [0.29, 0.717) is 10.9 Å². The average molecular weight is 174 g/mol. The maximum atomic E-state index is 7.29. The largest absolute Gasteiger partial charge is 0.468 e. The van der Waals surface area contributed by atoms with Gasteiger partial charge in [-0.15, -0.1) is 0 Å². The highest BCUT2D eigenvalue weighted by atomic mass is 28.1. The van der Waals surface area contributed by atoms with E-state index >= 15 is 0 Å². The SMILES string of the molecule is [3H][Si]([3H])([3H])c1ccc(OCOC)cc1. The van der Waals surface area contributed by atoms with Crippen LogP contribution in [-0.2, 0) is 4.74 Å². The lowest BCUT2D eigenvalue weighted by atomic mass is 10.3. The summed E-state index contributed by atoms with van der Waals surface area (Å²) in [4.78, 5) is 0. The Hall–Kier alpha value is -0.803. The molecule has 0 aliphatic carbocycles. The van der Waals surface area contributed by atoms with Gasteiger partial charge in [0.1, 0.15) is 5.75 Å². The third kappa shape index (κ3) is 2.74. The molecule has 0 unspecified atom stereocenters. The van der Waals surface area contributed by atoms with E-state index in [-0.39, 0.29) is 6.79 Å². The summed E-state index contributed by atoms with van der Waals surface area (Å²) in [6, 6.07) is 6.47. The summed E-state index contributed by atoms with van der Waals surface area (Å²) >= 11 is 0. The predicted octanol–water partition coefficient (Wildman–Crippen LogP) is -0.340. The van der Waals surface area contributed by atoms with Crippen LogP contribution >= 0.6 is 0 Å². The van der Waals surface area contributed by atoms with Crippen LogP contribution in [0.15, 0.2) is 24.3 Å². The van der Waals surface area contributed by atoms with Gasteiger partial charge in [-0.2, -0.15) is 0 Å². The normalized spacial score (nSPS) is 14.8. The van der Waals surface area contributed by atoms with Gasteiger partial charge in [-0.25, -0.2) is 0 Å². The maximum Gasteiger partial charge on any atom is 0.188 e. The van der Waals surface area contributed by atoms with Crippen molar-refractivity contribution >= 4 is 15.2 Å². The lowest BCUT2D eigenvalue weighted by molar-refractivity contribution is 0.0511. The molecule has 0 radical (unpaired) electrons. The Bertz CT molecular complexity index is 284. The van der Waals surface area contributed by atoms with Gasteiger partial charge in [0, 0.05) is 20.9 Å². The van der Waals surface area contributed by atoms with Crippen molar-refractivity contribution in [2.75, 3.05) is 13.9 Å². The minimum absolute atomic E-state index is 0.171. The minimum atomic E-state index is -3.42. The van der Waals surface area contributed by atoms with Crippen molar-refractivity contribution in [2.24, 2.45) is 0 Å². The van der Waals surface area contributed by atoms with Crippen molar-refractivity contribution in [1.29, 1.82) is 3.70 Å². The molecule has 0 saturated carbocycles. The lowest BCUT2D eigenvalue weighted by Gasteiger charge is -2.03. The third-order valence-electron chi connectivity index (χ3n) is 1.20. The zero-order valence-electron chi connectivity index (χ0n) is 9.33. The van der Waals surface area contributed by atoms with Crippen LogP contribution in [0.2, 0.25) is 0 Å². The van der Waals surface area contributed by atoms with Crippen LogP contribution in [0, 0.1) is 0 Å². The molecule has 0 fully saturated rings. The van der Waals surface area contributed by atoms with Gasteiger partial charge in [-0.3, -0.25) is 0 Å². The molecule has 60 valence electrons. The van der Waals surface area contributed by atoms with Crippen LogP contribution in [0.5, 0.6) is 5.75 Å². The van der Waals surface area contributed by atoms with Crippen LogP contribution in [-0.4, -0.2) is 27.6 Å². The molecule has 0 bridgehead atoms. The Balaban J connectivity index is 2.69. The van der Waals surface area contributed by atoms with Crippen LogP contribution in [0.4, 0.5) is 0 Å². The highest BCUT2D eigenvalue weighted by Gasteiger charge is 1.89. The van der Waals surface area contributed by atoms with Gasteiger partial charge in [0.2, 0.25) is 0 Å². The minimum Gasteiger partial charge on any atom is -0.468 e. The molecule has 0 heterocycles. The fourth-order valence-electron chi connectivity index (χ4n) is 0.678. The van der Waals surface area contributed by atoms with E-state index in [1.165, 1.54) is 7.11 Å². The molecule has 0 aliphatic rings. The van der Waals surface area contributed by atoms with Gasteiger partial charge in [-0.05, 0) is 12.1 Å². The fourth-order valence-corrected chi connectivity index (χ4v) is 0.845. The second-order valence-corrected chi connectivity index (χ2v) is 2.65. The highest BCUT2D eigenvalue weighted by molar-refractivity contribution is 6.32. The number of rotatable bonds is 4. The first-order chi connectivity index (χ1) is 6.54. The first-order valence-electron chi connectivity index (χ1n) is 4.76. The van der Waals surface area contributed by atoms with Crippen LogP contribution in [0.25, 0.3) is 0 Å². The average Bonchev–Trinajstić information content (AvgIpc) is 2.14. The fraction of sp³-hybridized carbons (Fsp3) is 0.250. The van der Waals surface area contributed by atoms with E-state index in [1.807, 2.05) is 0 Å². The molecule has 0 atom stereocenters. The van der Waals surface area contributed by atoms with Crippen molar-refractivity contribution < 1.29 is 9.47 Å². The van der Waals surface area contributed by atoms with E-state index < -0.39 is 10.0 Å². The summed E-state index contributed by atoms with van der Waals surface area (Å²) < 4.78 is 31.7. The first-order valence-corrected chi connectivity index (χ1v) is 3.76. The number of methoxy groups -OCH3 is 1. The Labute approximate surface area is 73.2 Å². The molecule has 1 rings (SSSR count). The van der Waals surface area contributed by atoms with Crippen LogP contribution in [0.1, 0.15) is 0 Å². The summed E-state index contributed by atoms with van der Waals surface area (Å²) in [5, 5.41) is 0.447. The Morgan fingerprint density at radius 3 is 2.73 bits per heavy atom. The van der Waals surface area contributed by atoms with Gasteiger partial charge >= 0.3 is 0 Å². The predicted molar refractivity (Wildman–Crippen MR) is 48.5 cm³/mol. The van der Waals surface area contributed by atoms with Crippen LogP contribution < -0.4 is 9.92 Å². The number of hydrogen-bond donors (Lipinski definition) is 0. The number of hydrogen-bond acceptors (Lipinski definition) is 2. The number of benzene rings is 1. The lowest BCUT2D eigenvalue weighted by Crippen LogP contribution is -2.02. The smallest absolute Gasteiger partial charge is 0.188 e. The molecule has 1 aromatic rings. The summed E-state index contributed by atoms with van der Waals surface area (Å²) in [7, 11) is -1.89. The van der Waals surface area contributed by atoms with Gasteiger partial charge in [0.05, 0.1) is 0 Å². The quantitative estimate of drug-likeness (QED) is 0.459. The summed E-state index contributed by atoms with van der Waals surface area (Å²) in [5.74, 6) is 0.619. The molecule has 11 heavy (non-hydrogen) atoms. The van der Waals surface area contributed by atoms with E-state index in [0.717, 1.165) is 0 Å². The number of ether oxygens (including phenoxy) is 2. The second-order valence-electron chi connectivity index (χ2n) is 2.08. The zero-order chi connectivity index (χ0) is 10.6. The van der Waals surface area contributed by atoms with Crippen molar-refractivity contribution in [1.82, 2.24) is 0 Å². The molecule has 0 saturated heterocycles. The van der Waals surface area contributed by atoms with Gasteiger partial charge in [0.25, 0.3) is 0 Å². The standard InChI is InChI=1S/C8H12O2Si/c1-9-6-10-7-2-4-8(11)5-3-7/h2-5H,6H2,1,11H3/i11T3. The molecule has 0 amide bonds. The van der Waals surface area contributed by atoms with Crippen molar-refractivity contribution in [3.05, 3.63) is 24.3 Å². The molecular formula is C8H12O2Si. The van der Waals surface area contributed by atoms with E-state index in [4.69, 9.17) is 13.2 Å². The molecule has 2 nitrogen and oxygen atoms in total. The maximum absolute atomic E-state index is 7.29. The Kier molecular flexibility index (Phi) is 1.87. The topological polar surface area (TPSA) is 18.5 Å². The van der Waals surface area contributed by atoms with Gasteiger partial charge < -0.3 is 9.47 Å². The first kappa shape index (κ1) is 4.95. The molecule has 1 aromatic carbocycles. The van der Waals surface area contributed by atoms with Crippen LogP contribution in [0.3, 0.4) is 0 Å². The van der Waals surface area contributed by atoms with Crippen molar-refractivity contribution in [3.8, 4) is 5.75 Å². The molecule has 0 aliphatic heterocycles. The van der Waals surface area contributed by atoms with E-state index in [1.54, 1.807) is 24.3 Å². The molecule has 0 spiro atoms. The van der Waals surface area contributed by atoms with Gasteiger partial charge in [-0.1, -0.05) is 17.3 Å².